The van der Waals surface area contributed by atoms with Crippen LogP contribution in [0.4, 0.5) is 4.39 Å². The molecule has 0 radical (unpaired) electrons. The van der Waals surface area contributed by atoms with E-state index in [1.54, 1.807) is 0 Å². The molecule has 2 aliphatic rings. The van der Waals surface area contributed by atoms with E-state index < -0.39 is 17.9 Å². The number of methoxy groups -OCH3 is 1. The largest absolute Gasteiger partial charge is 0.479 e. The van der Waals surface area contributed by atoms with Crippen molar-refractivity contribution < 1.29 is 28.9 Å². The summed E-state index contributed by atoms with van der Waals surface area (Å²) in [4.78, 5) is 23.4. The molecule has 2 rings (SSSR count). The molecule has 6 heteroatoms. The summed E-state index contributed by atoms with van der Waals surface area (Å²) in [5, 5.41) is 18.6. The van der Waals surface area contributed by atoms with Gasteiger partial charge in [0.15, 0.2) is 6.29 Å². The molecule has 2 fully saturated rings. The standard InChI is InChI=1S/C24H41FO5/c1-30-23(29)24(25,22(27)28)17-9-3-6-14-20-19(15-16-21(20)26)13-5-2-4-10-18-11-7-8-12-18/h18-20,23,29H,2-17H2,1H3,(H,27,28)/t19-,20+,23?,24?/m0/s1. The lowest BCUT2D eigenvalue weighted by atomic mass is 9.86. The Hall–Kier alpha value is -1.01. The topological polar surface area (TPSA) is 83.8 Å². The maximum Gasteiger partial charge on any atom is 0.346 e. The third-order valence-corrected chi connectivity index (χ3v) is 7.43. The van der Waals surface area contributed by atoms with Gasteiger partial charge < -0.3 is 14.9 Å². The number of ketones is 1. The highest BCUT2D eigenvalue weighted by Crippen LogP contribution is 2.37. The van der Waals surface area contributed by atoms with Gasteiger partial charge >= 0.3 is 5.97 Å². The van der Waals surface area contributed by atoms with Crippen LogP contribution < -0.4 is 0 Å². The van der Waals surface area contributed by atoms with Gasteiger partial charge in [0.1, 0.15) is 5.78 Å². The Labute approximate surface area is 180 Å². The van der Waals surface area contributed by atoms with Crippen molar-refractivity contribution in [2.45, 2.75) is 115 Å². The molecule has 174 valence electrons. The molecule has 0 aromatic rings. The first kappa shape index (κ1) is 25.3. The molecule has 2 saturated carbocycles. The monoisotopic (exact) mass is 428 g/mol. The quantitative estimate of drug-likeness (QED) is 0.268. The second kappa shape index (κ2) is 12.7. The number of hydrogen-bond acceptors (Lipinski definition) is 4. The minimum atomic E-state index is -2.78. The van der Waals surface area contributed by atoms with Gasteiger partial charge in [-0.15, -0.1) is 0 Å². The summed E-state index contributed by atoms with van der Waals surface area (Å²) in [5.41, 5.74) is -2.78. The number of aliphatic carboxylic acids is 1. The van der Waals surface area contributed by atoms with Crippen LogP contribution in [0.2, 0.25) is 0 Å². The van der Waals surface area contributed by atoms with Crippen LogP contribution in [0, 0.1) is 17.8 Å². The second-order valence-corrected chi connectivity index (χ2v) is 9.52. The molecular weight excluding hydrogens is 387 g/mol. The highest BCUT2D eigenvalue weighted by Gasteiger charge is 2.46. The number of alkyl halides is 1. The number of Topliss-reactive ketones (excluding diaryl/α,β-unsaturated/α-hetero) is 1. The normalized spacial score (nSPS) is 25.5. The summed E-state index contributed by atoms with van der Waals surface area (Å²) >= 11 is 0. The fourth-order valence-electron chi connectivity index (χ4n) is 5.48. The number of aliphatic hydroxyl groups is 1. The molecular formula is C24H41FO5. The number of carbonyl (C=O) groups is 2. The number of carbonyl (C=O) groups excluding carboxylic acids is 1. The number of rotatable bonds is 15. The summed E-state index contributed by atoms with van der Waals surface area (Å²) in [6.07, 6.45) is 14.0. The number of carboxylic acid groups (broad SMARTS) is 1. The average Bonchev–Trinajstić information content (AvgIpc) is 3.37. The first-order chi connectivity index (χ1) is 14.4. The summed E-state index contributed by atoms with van der Waals surface area (Å²) in [5.74, 6) is 0.236. The van der Waals surface area contributed by atoms with Crippen LogP contribution in [-0.2, 0) is 14.3 Å². The van der Waals surface area contributed by atoms with Gasteiger partial charge in [-0.25, -0.2) is 9.18 Å². The Balaban J connectivity index is 1.62. The molecule has 0 saturated heterocycles. The van der Waals surface area contributed by atoms with Crippen molar-refractivity contribution in [1.29, 1.82) is 0 Å². The number of hydrogen-bond donors (Lipinski definition) is 2. The van der Waals surface area contributed by atoms with Crippen LogP contribution in [0.1, 0.15) is 103 Å². The zero-order valence-corrected chi connectivity index (χ0v) is 18.6. The highest BCUT2D eigenvalue weighted by molar-refractivity contribution is 5.83. The van der Waals surface area contributed by atoms with Crippen molar-refractivity contribution in [3.8, 4) is 0 Å². The molecule has 5 nitrogen and oxygen atoms in total. The predicted molar refractivity (Wildman–Crippen MR) is 114 cm³/mol. The molecule has 0 aromatic heterocycles. The summed E-state index contributed by atoms with van der Waals surface area (Å²) in [6.45, 7) is 0. The number of carboxylic acids is 1. The molecule has 2 N–H and O–H groups in total. The van der Waals surface area contributed by atoms with Gasteiger partial charge in [0.25, 0.3) is 5.67 Å². The minimum Gasteiger partial charge on any atom is -0.479 e. The van der Waals surface area contributed by atoms with Crippen LogP contribution in [0.5, 0.6) is 0 Å². The van der Waals surface area contributed by atoms with E-state index in [1.165, 1.54) is 51.4 Å². The summed E-state index contributed by atoms with van der Waals surface area (Å²) in [7, 11) is 1.09. The van der Waals surface area contributed by atoms with E-state index in [-0.39, 0.29) is 12.3 Å². The summed E-state index contributed by atoms with van der Waals surface area (Å²) in [6, 6.07) is 0. The third-order valence-electron chi connectivity index (χ3n) is 7.43. The zero-order valence-electron chi connectivity index (χ0n) is 18.6. The summed E-state index contributed by atoms with van der Waals surface area (Å²) < 4.78 is 18.9. The minimum absolute atomic E-state index is 0.124. The molecule has 0 spiro atoms. The van der Waals surface area contributed by atoms with Gasteiger partial charge in [0, 0.05) is 19.4 Å². The Bertz CT molecular complexity index is 534. The zero-order chi connectivity index (χ0) is 22.0. The van der Waals surface area contributed by atoms with Crippen molar-refractivity contribution in [3.05, 3.63) is 0 Å². The molecule has 2 unspecified atom stereocenters. The van der Waals surface area contributed by atoms with E-state index in [0.29, 0.717) is 31.0 Å². The van der Waals surface area contributed by atoms with Gasteiger partial charge in [-0.05, 0) is 43.9 Å². The smallest absolute Gasteiger partial charge is 0.346 e. The van der Waals surface area contributed by atoms with Crippen LogP contribution in [-0.4, -0.2) is 41.0 Å². The SMILES string of the molecule is COC(O)C(F)(CCCCC[C@H]1C(=O)CC[C@@H]1CCCCCC1CCCC1)C(=O)O. The van der Waals surface area contributed by atoms with Crippen LogP contribution in [0.15, 0.2) is 0 Å². The van der Waals surface area contributed by atoms with Crippen molar-refractivity contribution in [2.75, 3.05) is 7.11 Å². The van der Waals surface area contributed by atoms with E-state index >= 15 is 0 Å². The molecule has 0 aliphatic heterocycles. The van der Waals surface area contributed by atoms with E-state index in [4.69, 9.17) is 5.11 Å². The lowest BCUT2D eigenvalue weighted by Gasteiger charge is -2.25. The van der Waals surface area contributed by atoms with Crippen LogP contribution in [0.3, 0.4) is 0 Å². The second-order valence-electron chi connectivity index (χ2n) is 9.52. The van der Waals surface area contributed by atoms with Crippen LogP contribution in [0.25, 0.3) is 0 Å². The molecule has 0 bridgehead atoms. The predicted octanol–water partition coefficient (Wildman–Crippen LogP) is 5.43. The number of halogens is 1. The Kier molecular flexibility index (Phi) is 10.7. The Morgan fingerprint density at radius 1 is 1.07 bits per heavy atom. The van der Waals surface area contributed by atoms with Gasteiger partial charge in [0.05, 0.1) is 0 Å². The van der Waals surface area contributed by atoms with Crippen molar-refractivity contribution in [3.63, 3.8) is 0 Å². The maximum absolute atomic E-state index is 14.4. The number of ether oxygens (including phenoxy) is 1. The van der Waals surface area contributed by atoms with Gasteiger partial charge in [-0.3, -0.25) is 4.79 Å². The van der Waals surface area contributed by atoms with Crippen molar-refractivity contribution in [2.24, 2.45) is 17.8 Å². The lowest BCUT2D eigenvalue weighted by Crippen LogP contribution is -2.46. The van der Waals surface area contributed by atoms with Crippen molar-refractivity contribution in [1.82, 2.24) is 0 Å². The van der Waals surface area contributed by atoms with Gasteiger partial charge in [-0.1, -0.05) is 64.2 Å². The van der Waals surface area contributed by atoms with Crippen LogP contribution >= 0.6 is 0 Å². The van der Waals surface area contributed by atoms with Gasteiger partial charge in [-0.2, -0.15) is 0 Å². The van der Waals surface area contributed by atoms with Crippen molar-refractivity contribution >= 4 is 11.8 Å². The number of unbranched alkanes of at least 4 members (excludes halogenated alkanes) is 4. The first-order valence-electron chi connectivity index (χ1n) is 12.0. The molecule has 0 aromatic carbocycles. The maximum atomic E-state index is 14.4. The third kappa shape index (κ3) is 7.30. The lowest BCUT2D eigenvalue weighted by molar-refractivity contribution is -0.196. The van der Waals surface area contributed by atoms with E-state index in [0.717, 1.165) is 38.7 Å². The fourth-order valence-corrected chi connectivity index (χ4v) is 5.48. The molecule has 2 aliphatic carbocycles. The molecule has 0 heterocycles. The molecule has 0 amide bonds. The fraction of sp³-hybridized carbons (Fsp3) is 0.917. The average molecular weight is 429 g/mol. The number of aliphatic hydroxyl groups excluding tert-OH is 1. The van der Waals surface area contributed by atoms with Gasteiger partial charge in [0.2, 0.25) is 0 Å². The molecule has 4 atom stereocenters. The van der Waals surface area contributed by atoms with E-state index in [9.17, 15) is 19.1 Å². The Morgan fingerprint density at radius 2 is 1.70 bits per heavy atom. The van der Waals surface area contributed by atoms with E-state index in [2.05, 4.69) is 4.74 Å². The van der Waals surface area contributed by atoms with E-state index in [1.807, 2.05) is 0 Å². The molecule has 30 heavy (non-hydrogen) atoms. The Morgan fingerprint density at radius 3 is 2.37 bits per heavy atom. The highest BCUT2D eigenvalue weighted by atomic mass is 19.1. The first-order valence-corrected chi connectivity index (χ1v) is 12.0.